The highest BCUT2D eigenvalue weighted by Crippen LogP contribution is 2.35. The van der Waals surface area contributed by atoms with Gasteiger partial charge in [-0.1, -0.05) is 0 Å². The van der Waals surface area contributed by atoms with E-state index in [2.05, 4.69) is 23.4 Å². The molecule has 1 aliphatic carbocycles. The van der Waals surface area contributed by atoms with Crippen LogP contribution in [0, 0.1) is 0 Å². The lowest BCUT2D eigenvalue weighted by atomic mass is 9.87. The summed E-state index contributed by atoms with van der Waals surface area (Å²) in [6, 6.07) is 2.29. The first-order valence-corrected chi connectivity index (χ1v) is 6.55. The Labute approximate surface area is 95.5 Å². The Morgan fingerprint density at radius 2 is 2.47 bits per heavy atom. The summed E-state index contributed by atoms with van der Waals surface area (Å²) < 4.78 is 0. The van der Waals surface area contributed by atoms with Gasteiger partial charge in [-0.3, -0.25) is 0 Å². The molecule has 1 aromatic rings. The van der Waals surface area contributed by atoms with Crippen LogP contribution in [0.25, 0.3) is 0 Å². The van der Waals surface area contributed by atoms with Crippen molar-refractivity contribution in [3.05, 3.63) is 21.9 Å². The van der Waals surface area contributed by atoms with E-state index in [1.54, 1.807) is 10.4 Å². The van der Waals surface area contributed by atoms with Gasteiger partial charge in [0, 0.05) is 18.0 Å². The van der Waals surface area contributed by atoms with E-state index in [-0.39, 0.29) is 6.61 Å². The molecule has 1 atom stereocenters. The summed E-state index contributed by atoms with van der Waals surface area (Å²) in [7, 11) is 2.09. The predicted octanol–water partition coefficient (Wildman–Crippen LogP) is 2.09. The zero-order valence-electron chi connectivity index (χ0n) is 9.28. The summed E-state index contributed by atoms with van der Waals surface area (Å²) in [5.74, 6) is 0.691. The second kappa shape index (κ2) is 5.10. The summed E-state index contributed by atoms with van der Waals surface area (Å²) in [5.41, 5.74) is 1.57. The number of hydrogen-bond acceptors (Lipinski definition) is 3. The zero-order chi connectivity index (χ0) is 10.7. The van der Waals surface area contributed by atoms with Crippen LogP contribution in [0.3, 0.4) is 0 Å². The van der Waals surface area contributed by atoms with Crippen molar-refractivity contribution in [3.8, 4) is 0 Å². The fourth-order valence-electron chi connectivity index (χ4n) is 2.41. The molecular weight excluding hydrogens is 206 g/mol. The lowest BCUT2D eigenvalue weighted by Crippen LogP contribution is -2.28. The second-order valence-electron chi connectivity index (χ2n) is 4.37. The summed E-state index contributed by atoms with van der Waals surface area (Å²) in [5, 5.41) is 11.1. The fourth-order valence-corrected chi connectivity index (χ4v) is 3.42. The van der Waals surface area contributed by atoms with Crippen LogP contribution in [-0.2, 0) is 6.42 Å². The number of nitrogens with zero attached hydrogens (tertiary/aromatic N) is 1. The Morgan fingerprint density at radius 1 is 1.60 bits per heavy atom. The van der Waals surface area contributed by atoms with Gasteiger partial charge in [0.25, 0.3) is 0 Å². The van der Waals surface area contributed by atoms with E-state index in [1.807, 2.05) is 11.3 Å². The Morgan fingerprint density at radius 3 is 3.27 bits per heavy atom. The van der Waals surface area contributed by atoms with E-state index < -0.39 is 0 Å². The standard InChI is InChI=1S/C12H19NOS/c1-13(6-7-14)9-10-3-2-4-12-11(10)5-8-15-12/h5,8,10,14H,2-4,6-7,9H2,1H3. The number of likely N-dealkylation sites (N-methyl/N-ethyl adjacent to an activating group) is 1. The van der Waals surface area contributed by atoms with Gasteiger partial charge < -0.3 is 10.0 Å². The van der Waals surface area contributed by atoms with Gasteiger partial charge in [0.15, 0.2) is 0 Å². The zero-order valence-corrected chi connectivity index (χ0v) is 10.1. The summed E-state index contributed by atoms with van der Waals surface area (Å²) in [6.45, 7) is 2.14. The monoisotopic (exact) mass is 225 g/mol. The number of aliphatic hydroxyl groups is 1. The first kappa shape index (κ1) is 11.1. The summed E-state index contributed by atoms with van der Waals surface area (Å²) in [6.07, 6.45) is 3.90. The molecule has 2 nitrogen and oxygen atoms in total. The smallest absolute Gasteiger partial charge is 0.0558 e. The SMILES string of the molecule is CN(CCO)CC1CCCc2sccc21. The molecule has 0 radical (unpaired) electrons. The van der Waals surface area contributed by atoms with Crippen molar-refractivity contribution >= 4 is 11.3 Å². The minimum atomic E-state index is 0.264. The van der Waals surface area contributed by atoms with Gasteiger partial charge in [0.05, 0.1) is 6.61 Å². The molecule has 0 aliphatic heterocycles. The van der Waals surface area contributed by atoms with Crippen LogP contribution in [0.5, 0.6) is 0 Å². The quantitative estimate of drug-likeness (QED) is 0.848. The van der Waals surface area contributed by atoms with Crippen molar-refractivity contribution in [2.75, 3.05) is 26.7 Å². The van der Waals surface area contributed by atoms with E-state index in [4.69, 9.17) is 5.11 Å². The van der Waals surface area contributed by atoms with Crippen LogP contribution in [0.15, 0.2) is 11.4 Å². The molecule has 0 amide bonds. The third-order valence-electron chi connectivity index (χ3n) is 3.19. The Hall–Kier alpha value is -0.380. The van der Waals surface area contributed by atoms with Crippen LogP contribution < -0.4 is 0 Å². The van der Waals surface area contributed by atoms with Gasteiger partial charge in [-0.05, 0) is 49.2 Å². The molecular formula is C12H19NOS. The van der Waals surface area contributed by atoms with Crippen LogP contribution in [-0.4, -0.2) is 36.8 Å². The molecule has 3 heteroatoms. The van der Waals surface area contributed by atoms with Crippen molar-refractivity contribution in [1.29, 1.82) is 0 Å². The van der Waals surface area contributed by atoms with Gasteiger partial charge >= 0.3 is 0 Å². The molecule has 1 heterocycles. The van der Waals surface area contributed by atoms with Crippen molar-refractivity contribution in [1.82, 2.24) is 4.90 Å². The maximum atomic E-state index is 8.88. The molecule has 0 saturated carbocycles. The molecule has 0 aromatic carbocycles. The molecule has 84 valence electrons. The molecule has 1 N–H and O–H groups in total. The van der Waals surface area contributed by atoms with Crippen LogP contribution in [0.1, 0.15) is 29.2 Å². The number of fused-ring (bicyclic) bond motifs is 1. The van der Waals surface area contributed by atoms with Crippen molar-refractivity contribution < 1.29 is 5.11 Å². The average molecular weight is 225 g/mol. The molecule has 0 fully saturated rings. The molecule has 15 heavy (non-hydrogen) atoms. The normalized spacial score (nSPS) is 20.6. The minimum Gasteiger partial charge on any atom is -0.395 e. The number of aryl methyl sites for hydroxylation is 1. The lowest BCUT2D eigenvalue weighted by molar-refractivity contribution is 0.211. The van der Waals surface area contributed by atoms with Gasteiger partial charge in [0.2, 0.25) is 0 Å². The molecule has 1 unspecified atom stereocenters. The van der Waals surface area contributed by atoms with Crippen LogP contribution >= 0.6 is 11.3 Å². The number of thiophene rings is 1. The van der Waals surface area contributed by atoms with Crippen molar-refractivity contribution in [2.24, 2.45) is 0 Å². The Bertz CT molecular complexity index is 310. The summed E-state index contributed by atoms with van der Waals surface area (Å²) >= 11 is 1.90. The molecule has 0 saturated heterocycles. The van der Waals surface area contributed by atoms with Crippen molar-refractivity contribution in [2.45, 2.75) is 25.2 Å². The van der Waals surface area contributed by atoms with Crippen LogP contribution in [0.4, 0.5) is 0 Å². The predicted molar refractivity (Wildman–Crippen MR) is 64.6 cm³/mol. The second-order valence-corrected chi connectivity index (χ2v) is 5.37. The van der Waals surface area contributed by atoms with Gasteiger partial charge in [-0.15, -0.1) is 11.3 Å². The number of rotatable bonds is 4. The fraction of sp³-hybridized carbons (Fsp3) is 0.667. The maximum absolute atomic E-state index is 8.88. The van der Waals surface area contributed by atoms with Gasteiger partial charge in [-0.2, -0.15) is 0 Å². The number of aliphatic hydroxyl groups excluding tert-OH is 1. The molecule has 2 rings (SSSR count). The van der Waals surface area contributed by atoms with E-state index >= 15 is 0 Å². The van der Waals surface area contributed by atoms with Gasteiger partial charge in [-0.25, -0.2) is 0 Å². The molecule has 1 aliphatic rings. The maximum Gasteiger partial charge on any atom is 0.0558 e. The van der Waals surface area contributed by atoms with E-state index in [9.17, 15) is 0 Å². The largest absolute Gasteiger partial charge is 0.395 e. The van der Waals surface area contributed by atoms with Crippen molar-refractivity contribution in [3.63, 3.8) is 0 Å². The van der Waals surface area contributed by atoms with Gasteiger partial charge in [0.1, 0.15) is 0 Å². The third-order valence-corrected chi connectivity index (χ3v) is 4.19. The first-order chi connectivity index (χ1) is 7.31. The van der Waals surface area contributed by atoms with Crippen LogP contribution in [0.2, 0.25) is 0 Å². The minimum absolute atomic E-state index is 0.264. The summed E-state index contributed by atoms with van der Waals surface area (Å²) in [4.78, 5) is 3.82. The van der Waals surface area contributed by atoms with E-state index in [0.29, 0.717) is 5.92 Å². The van der Waals surface area contributed by atoms with E-state index in [0.717, 1.165) is 13.1 Å². The highest BCUT2D eigenvalue weighted by Gasteiger charge is 2.21. The highest BCUT2D eigenvalue weighted by atomic mass is 32.1. The molecule has 0 bridgehead atoms. The average Bonchev–Trinajstić information content (AvgIpc) is 2.67. The first-order valence-electron chi connectivity index (χ1n) is 5.67. The Balaban J connectivity index is 2.00. The molecule has 1 aromatic heterocycles. The topological polar surface area (TPSA) is 23.5 Å². The highest BCUT2D eigenvalue weighted by molar-refractivity contribution is 7.10. The van der Waals surface area contributed by atoms with E-state index in [1.165, 1.54) is 19.3 Å². The molecule has 0 spiro atoms. The Kier molecular flexibility index (Phi) is 3.78. The third kappa shape index (κ3) is 2.60. The number of hydrogen-bond donors (Lipinski definition) is 1. The lowest BCUT2D eigenvalue weighted by Gasteiger charge is -2.27.